The molecule has 1 aromatic rings. The van der Waals surface area contributed by atoms with Crippen molar-refractivity contribution in [3.05, 3.63) is 40.9 Å². The van der Waals surface area contributed by atoms with Crippen molar-refractivity contribution in [1.29, 1.82) is 0 Å². The zero-order chi connectivity index (χ0) is 29.3. The van der Waals surface area contributed by atoms with Gasteiger partial charge in [0.15, 0.2) is 0 Å². The summed E-state index contributed by atoms with van der Waals surface area (Å²) in [5, 5.41) is 14.4. The number of hydrogen-bond donors (Lipinski definition) is 2. The first-order valence-electron chi connectivity index (χ1n) is 15.4. The Kier molecular flexibility index (Phi) is 7.52. The van der Waals surface area contributed by atoms with Crippen molar-refractivity contribution >= 4 is 29.1 Å². The lowest BCUT2D eigenvalue weighted by Gasteiger charge is -2.61. The van der Waals surface area contributed by atoms with E-state index in [2.05, 4.69) is 39.1 Å². The Morgan fingerprint density at radius 1 is 1.02 bits per heavy atom. The number of fused-ring (bicyclic) bond motifs is 5. The highest BCUT2D eigenvalue weighted by Gasteiger charge is 2.62. The van der Waals surface area contributed by atoms with Crippen LogP contribution < -0.4 is 10.2 Å². The number of allylic oxidation sites excluding steroid dienone is 1. The molecule has 0 bridgehead atoms. The summed E-state index contributed by atoms with van der Waals surface area (Å²) in [5.74, 6) is 1.32. The van der Waals surface area contributed by atoms with E-state index in [1.165, 1.54) is 5.57 Å². The molecule has 2 amide bonds. The summed E-state index contributed by atoms with van der Waals surface area (Å²) >= 11 is 6.61. The fourth-order valence-electron chi connectivity index (χ4n) is 9.54. The normalized spacial score (nSPS) is 36.5. The largest absolute Gasteiger partial charge is 0.392 e. The molecule has 4 aliphatic rings. The number of nitrogens with zero attached hydrogens (tertiary/aromatic N) is 1. The average Bonchev–Trinajstić information content (AvgIpc) is 3.21. The first kappa shape index (κ1) is 29.6. The van der Waals surface area contributed by atoms with Gasteiger partial charge in [-0.15, -0.1) is 0 Å². The zero-order valence-corrected chi connectivity index (χ0v) is 26.3. The first-order valence-corrected chi connectivity index (χ1v) is 15.7. The molecule has 0 aliphatic heterocycles. The number of para-hydroxylation sites is 1. The van der Waals surface area contributed by atoms with Gasteiger partial charge in [0, 0.05) is 16.9 Å². The SMILES string of the molecule is CC(C)(C)NC(=O)CN(C(=O)[C@H]1CC[C@H]2[C@@H]3CC=C4C(C)(C)[C@@H](O)CC[C@]4(C)[C@H]3CC[C@]12C)c1ccccc1Cl. The van der Waals surface area contributed by atoms with E-state index in [0.717, 1.165) is 44.9 Å². The number of rotatable bonds is 4. The van der Waals surface area contributed by atoms with Crippen molar-refractivity contribution in [2.45, 2.75) is 105 Å². The molecule has 0 spiro atoms. The van der Waals surface area contributed by atoms with E-state index in [4.69, 9.17) is 11.6 Å². The molecule has 0 heterocycles. The number of aliphatic hydroxyl groups is 1. The average molecular weight is 569 g/mol. The Bertz CT molecular complexity index is 1200. The molecule has 5 nitrogen and oxygen atoms in total. The summed E-state index contributed by atoms with van der Waals surface area (Å²) in [6.07, 6.45) is 9.15. The Balaban J connectivity index is 1.44. The van der Waals surface area contributed by atoms with Crippen molar-refractivity contribution in [2.24, 2.45) is 39.9 Å². The summed E-state index contributed by atoms with van der Waals surface area (Å²) < 4.78 is 0. The molecule has 5 rings (SSSR count). The van der Waals surface area contributed by atoms with E-state index in [-0.39, 0.29) is 52.2 Å². The molecule has 40 heavy (non-hydrogen) atoms. The van der Waals surface area contributed by atoms with Crippen molar-refractivity contribution in [2.75, 3.05) is 11.4 Å². The van der Waals surface area contributed by atoms with E-state index in [0.29, 0.717) is 28.5 Å². The standard InChI is InChI=1S/C34H49ClN2O3/c1-31(2,3)36-29(39)20-37(26-11-9-8-10-25(26)35)30(40)24-14-13-22-21-12-15-27-32(4,5)28(38)17-19-34(27,7)23(21)16-18-33(22,24)6/h8-11,15,21-24,28,38H,12-14,16-20H2,1-7H3,(H,36,39)/t21-,22-,23-,24+,28-,33-,34+/m0/s1. The second-order valence-electron chi connectivity index (χ2n) is 15.3. The maximum absolute atomic E-state index is 14.5. The molecule has 7 atom stereocenters. The predicted octanol–water partition coefficient (Wildman–Crippen LogP) is 7.16. The maximum Gasteiger partial charge on any atom is 0.240 e. The van der Waals surface area contributed by atoms with E-state index < -0.39 is 0 Å². The van der Waals surface area contributed by atoms with Crippen molar-refractivity contribution in [3.63, 3.8) is 0 Å². The van der Waals surface area contributed by atoms with E-state index in [9.17, 15) is 14.7 Å². The zero-order valence-electron chi connectivity index (χ0n) is 25.5. The Morgan fingerprint density at radius 2 is 1.73 bits per heavy atom. The lowest BCUT2D eigenvalue weighted by molar-refractivity contribution is -0.132. The van der Waals surface area contributed by atoms with Crippen LogP contribution in [0.25, 0.3) is 0 Å². The molecule has 220 valence electrons. The second kappa shape index (κ2) is 10.2. The lowest BCUT2D eigenvalue weighted by Crippen LogP contribution is -2.55. The molecular formula is C34H49ClN2O3. The van der Waals surface area contributed by atoms with Crippen LogP contribution in [0.4, 0.5) is 5.69 Å². The number of carbonyl (C=O) groups is 2. The fourth-order valence-corrected chi connectivity index (χ4v) is 9.78. The first-order chi connectivity index (χ1) is 18.6. The Hall–Kier alpha value is -1.85. The van der Waals surface area contributed by atoms with E-state index >= 15 is 0 Å². The summed E-state index contributed by atoms with van der Waals surface area (Å²) in [6, 6.07) is 7.37. The van der Waals surface area contributed by atoms with Crippen LogP contribution in [0.2, 0.25) is 5.02 Å². The number of anilines is 1. The van der Waals surface area contributed by atoms with Crippen LogP contribution in [0.1, 0.15) is 93.4 Å². The smallest absolute Gasteiger partial charge is 0.240 e. The number of halogens is 1. The Labute approximate surface area is 246 Å². The van der Waals surface area contributed by atoms with Gasteiger partial charge < -0.3 is 15.3 Å². The predicted molar refractivity (Wildman–Crippen MR) is 162 cm³/mol. The van der Waals surface area contributed by atoms with E-state index in [1.54, 1.807) is 11.0 Å². The highest BCUT2D eigenvalue weighted by molar-refractivity contribution is 6.34. The van der Waals surface area contributed by atoms with Crippen LogP contribution in [-0.2, 0) is 9.59 Å². The minimum Gasteiger partial charge on any atom is -0.392 e. The van der Waals surface area contributed by atoms with Gasteiger partial charge in [-0.1, -0.05) is 63.1 Å². The molecule has 0 saturated heterocycles. The maximum atomic E-state index is 14.5. The lowest BCUT2D eigenvalue weighted by atomic mass is 9.44. The van der Waals surface area contributed by atoms with Gasteiger partial charge in [0.05, 0.1) is 16.8 Å². The summed E-state index contributed by atoms with van der Waals surface area (Å²) in [5.41, 5.74) is 1.51. The monoisotopic (exact) mass is 568 g/mol. The molecule has 0 aromatic heterocycles. The number of amides is 2. The van der Waals surface area contributed by atoms with Gasteiger partial charge in [0.25, 0.3) is 0 Å². The molecule has 2 N–H and O–H groups in total. The molecule has 6 heteroatoms. The highest BCUT2D eigenvalue weighted by Crippen LogP contribution is 2.68. The van der Waals surface area contributed by atoms with Gasteiger partial charge in [-0.2, -0.15) is 0 Å². The molecule has 3 fully saturated rings. The number of nitrogens with one attached hydrogen (secondary N) is 1. The molecule has 3 saturated carbocycles. The summed E-state index contributed by atoms with van der Waals surface area (Å²) in [7, 11) is 0. The minimum atomic E-state index is -0.387. The van der Waals surface area contributed by atoms with Gasteiger partial charge in [0.1, 0.15) is 6.54 Å². The van der Waals surface area contributed by atoms with Crippen LogP contribution in [0.15, 0.2) is 35.9 Å². The number of benzene rings is 1. The molecule has 4 aliphatic carbocycles. The van der Waals surface area contributed by atoms with E-state index in [1.807, 2.05) is 39.0 Å². The second-order valence-corrected chi connectivity index (χ2v) is 15.7. The van der Waals surface area contributed by atoms with Crippen LogP contribution in [0.3, 0.4) is 0 Å². The Morgan fingerprint density at radius 3 is 2.40 bits per heavy atom. The number of aliphatic hydroxyl groups excluding tert-OH is 1. The highest BCUT2D eigenvalue weighted by atomic mass is 35.5. The van der Waals surface area contributed by atoms with Crippen LogP contribution in [0.5, 0.6) is 0 Å². The molecule has 0 unspecified atom stereocenters. The van der Waals surface area contributed by atoms with Crippen molar-refractivity contribution in [1.82, 2.24) is 5.32 Å². The van der Waals surface area contributed by atoms with Gasteiger partial charge in [-0.3, -0.25) is 9.59 Å². The van der Waals surface area contributed by atoms with Crippen LogP contribution in [-0.4, -0.2) is 35.1 Å². The third kappa shape index (κ3) is 4.83. The minimum absolute atomic E-state index is 0.0285. The third-order valence-electron chi connectivity index (χ3n) is 11.5. The quantitative estimate of drug-likeness (QED) is 0.378. The van der Waals surface area contributed by atoms with Gasteiger partial charge >= 0.3 is 0 Å². The van der Waals surface area contributed by atoms with Crippen LogP contribution >= 0.6 is 11.6 Å². The van der Waals surface area contributed by atoms with Crippen molar-refractivity contribution in [3.8, 4) is 0 Å². The van der Waals surface area contributed by atoms with Gasteiger partial charge in [-0.25, -0.2) is 0 Å². The van der Waals surface area contributed by atoms with Crippen LogP contribution in [0, 0.1) is 39.9 Å². The molecule has 1 aromatic carbocycles. The summed E-state index contributed by atoms with van der Waals surface area (Å²) in [6.45, 7) is 15.1. The number of carbonyl (C=O) groups excluding carboxylic acids is 2. The third-order valence-corrected chi connectivity index (χ3v) is 11.8. The molecule has 0 radical (unpaired) electrons. The fraction of sp³-hybridized carbons (Fsp3) is 0.706. The van der Waals surface area contributed by atoms with Gasteiger partial charge in [-0.05, 0) is 106 Å². The topological polar surface area (TPSA) is 69.6 Å². The molecular weight excluding hydrogens is 520 g/mol. The van der Waals surface area contributed by atoms with Crippen molar-refractivity contribution < 1.29 is 14.7 Å². The summed E-state index contributed by atoms with van der Waals surface area (Å²) in [4.78, 5) is 29.2. The van der Waals surface area contributed by atoms with Gasteiger partial charge in [0.2, 0.25) is 11.8 Å². The number of hydrogen-bond acceptors (Lipinski definition) is 3.